The van der Waals surface area contributed by atoms with Gasteiger partial charge in [0.05, 0.1) is 16.9 Å². The third-order valence-electron chi connectivity index (χ3n) is 7.47. The van der Waals surface area contributed by atoms with E-state index in [-0.39, 0.29) is 5.43 Å². The van der Waals surface area contributed by atoms with E-state index in [9.17, 15) is 4.79 Å². The van der Waals surface area contributed by atoms with Crippen molar-refractivity contribution in [2.75, 3.05) is 4.90 Å². The molecule has 1 aliphatic rings. The molecule has 0 amide bonds. The molecule has 1 aliphatic heterocycles. The number of fused-ring (bicyclic) bond motifs is 7. The van der Waals surface area contributed by atoms with Crippen LogP contribution in [0.2, 0.25) is 0 Å². The maximum Gasteiger partial charge on any atom is 0.192 e. The minimum atomic E-state index is 0.0799. The number of aryl methyl sites for hydroxylation is 2. The van der Waals surface area contributed by atoms with Gasteiger partial charge in [0.1, 0.15) is 0 Å². The first kappa shape index (κ1) is 23.6. The summed E-state index contributed by atoms with van der Waals surface area (Å²) in [6.07, 6.45) is 1.92. The van der Waals surface area contributed by atoms with E-state index in [0.717, 1.165) is 44.7 Å². The number of anilines is 3. The highest BCUT2D eigenvalue weighted by molar-refractivity contribution is 7.99. The van der Waals surface area contributed by atoms with E-state index >= 15 is 0 Å². The predicted octanol–water partition coefficient (Wildman–Crippen LogP) is 9.12. The van der Waals surface area contributed by atoms with Crippen LogP contribution in [0.15, 0.2) is 136 Å². The molecule has 0 unspecified atom stereocenters. The van der Waals surface area contributed by atoms with Gasteiger partial charge >= 0.3 is 0 Å². The zero-order valence-corrected chi connectivity index (χ0v) is 22.6. The lowest BCUT2D eigenvalue weighted by atomic mass is 9.98. The van der Waals surface area contributed by atoms with Gasteiger partial charge in [-0.3, -0.25) is 4.79 Å². The number of aromatic nitrogens is 1. The molecule has 3 nitrogen and oxygen atoms in total. The lowest BCUT2D eigenvalue weighted by molar-refractivity contribution is 0.938. The first-order valence-corrected chi connectivity index (χ1v) is 13.9. The molecule has 0 bridgehead atoms. The molecule has 0 spiro atoms. The predicted molar refractivity (Wildman–Crippen MR) is 164 cm³/mol. The van der Waals surface area contributed by atoms with Gasteiger partial charge < -0.3 is 9.47 Å². The highest BCUT2D eigenvalue weighted by atomic mass is 32.2. The van der Waals surface area contributed by atoms with Crippen LogP contribution in [0.3, 0.4) is 0 Å². The standard InChI is InChI=1S/C35H26N2OS/c1-23-22-36(2)32-21-24(19-20-29(32)35(23)38)37-30-15-7-3-11-25(30)27-13-5-9-17-33(27)39-34-18-10-6-14-28(34)26-12-4-8-16-31(26)37/h3-22H,1-2H3. The first-order valence-electron chi connectivity index (χ1n) is 13.0. The number of hydrogen-bond acceptors (Lipinski definition) is 3. The van der Waals surface area contributed by atoms with Crippen LogP contribution in [0.1, 0.15) is 5.56 Å². The van der Waals surface area contributed by atoms with Crippen molar-refractivity contribution < 1.29 is 0 Å². The first-order chi connectivity index (χ1) is 19.1. The van der Waals surface area contributed by atoms with Crippen LogP contribution < -0.4 is 10.3 Å². The van der Waals surface area contributed by atoms with Gasteiger partial charge in [-0.05, 0) is 60.5 Å². The minimum absolute atomic E-state index is 0.0799. The van der Waals surface area contributed by atoms with Crippen molar-refractivity contribution in [2.24, 2.45) is 7.05 Å². The molecular formula is C35H26N2OS. The van der Waals surface area contributed by atoms with Crippen molar-refractivity contribution in [1.82, 2.24) is 4.57 Å². The average Bonchev–Trinajstić information content (AvgIpc) is 2.97. The molecule has 0 aliphatic carbocycles. The van der Waals surface area contributed by atoms with Gasteiger partial charge in [0, 0.05) is 50.8 Å². The number of para-hydroxylation sites is 2. The van der Waals surface area contributed by atoms with Crippen molar-refractivity contribution >= 4 is 39.7 Å². The zero-order chi connectivity index (χ0) is 26.5. The molecule has 188 valence electrons. The Bertz CT molecular complexity index is 1870. The second kappa shape index (κ2) is 9.33. The van der Waals surface area contributed by atoms with Crippen LogP contribution in [0.4, 0.5) is 17.1 Å². The van der Waals surface area contributed by atoms with Gasteiger partial charge in [0.15, 0.2) is 5.43 Å². The van der Waals surface area contributed by atoms with E-state index in [2.05, 4.69) is 119 Å². The summed E-state index contributed by atoms with van der Waals surface area (Å²) in [6.45, 7) is 1.87. The highest BCUT2D eigenvalue weighted by Gasteiger charge is 2.24. The SMILES string of the molecule is Cc1cn(C)c2cc(N3c4ccccc4-c4ccccc4Sc4ccccc4-c4ccccc43)ccc2c1=O. The fourth-order valence-electron chi connectivity index (χ4n) is 5.65. The van der Waals surface area contributed by atoms with Gasteiger partial charge in [0.25, 0.3) is 0 Å². The lowest BCUT2D eigenvalue weighted by Gasteiger charge is -2.31. The van der Waals surface area contributed by atoms with Crippen molar-refractivity contribution in [3.63, 3.8) is 0 Å². The quantitative estimate of drug-likeness (QED) is 0.215. The molecule has 4 heteroatoms. The van der Waals surface area contributed by atoms with Crippen LogP contribution in [-0.4, -0.2) is 4.57 Å². The van der Waals surface area contributed by atoms with Crippen LogP contribution in [0, 0.1) is 6.92 Å². The van der Waals surface area contributed by atoms with Crippen molar-refractivity contribution in [1.29, 1.82) is 0 Å². The minimum Gasteiger partial charge on any atom is -0.350 e. The van der Waals surface area contributed by atoms with Crippen molar-refractivity contribution in [3.8, 4) is 22.3 Å². The Morgan fingerprint density at radius 1 is 0.615 bits per heavy atom. The Hall–Kier alpha value is -4.54. The normalized spacial score (nSPS) is 12.3. The third kappa shape index (κ3) is 3.87. The lowest BCUT2D eigenvalue weighted by Crippen LogP contribution is -2.15. The van der Waals surface area contributed by atoms with E-state index < -0.39 is 0 Å². The van der Waals surface area contributed by atoms with Gasteiger partial charge in [-0.1, -0.05) is 84.6 Å². The zero-order valence-electron chi connectivity index (χ0n) is 21.8. The third-order valence-corrected chi connectivity index (χ3v) is 8.63. The molecule has 7 rings (SSSR count). The molecule has 6 aromatic rings. The van der Waals surface area contributed by atoms with E-state index in [4.69, 9.17) is 0 Å². The Morgan fingerprint density at radius 2 is 1.13 bits per heavy atom. The molecule has 2 heterocycles. The highest BCUT2D eigenvalue weighted by Crippen LogP contribution is 2.50. The molecule has 0 fully saturated rings. The Labute approximate surface area is 232 Å². The second-order valence-corrected chi connectivity index (χ2v) is 11.0. The van der Waals surface area contributed by atoms with E-state index in [1.807, 2.05) is 38.0 Å². The monoisotopic (exact) mass is 522 g/mol. The van der Waals surface area contributed by atoms with Crippen molar-refractivity contribution in [3.05, 3.63) is 137 Å². The van der Waals surface area contributed by atoms with Crippen LogP contribution in [0.5, 0.6) is 0 Å². The molecule has 1 aromatic heterocycles. The van der Waals surface area contributed by atoms with Gasteiger partial charge in [-0.15, -0.1) is 0 Å². The molecular weight excluding hydrogens is 496 g/mol. The number of hydrogen-bond donors (Lipinski definition) is 0. The molecule has 0 saturated heterocycles. The molecule has 39 heavy (non-hydrogen) atoms. The van der Waals surface area contributed by atoms with E-state index in [1.165, 1.54) is 20.9 Å². The fraction of sp³-hybridized carbons (Fsp3) is 0.0571. The number of pyridine rings is 1. The largest absolute Gasteiger partial charge is 0.350 e. The Morgan fingerprint density at radius 3 is 1.72 bits per heavy atom. The van der Waals surface area contributed by atoms with Gasteiger partial charge in [0.2, 0.25) is 0 Å². The Kier molecular flexibility index (Phi) is 5.64. The van der Waals surface area contributed by atoms with Crippen LogP contribution in [0.25, 0.3) is 33.2 Å². The van der Waals surface area contributed by atoms with Crippen LogP contribution >= 0.6 is 11.8 Å². The molecule has 0 radical (unpaired) electrons. The number of nitrogens with zero attached hydrogens (tertiary/aromatic N) is 2. The summed E-state index contributed by atoms with van der Waals surface area (Å²) >= 11 is 1.81. The van der Waals surface area contributed by atoms with Crippen molar-refractivity contribution in [2.45, 2.75) is 16.7 Å². The summed E-state index contributed by atoms with van der Waals surface area (Å²) in [5.41, 5.74) is 9.63. The topological polar surface area (TPSA) is 25.2 Å². The average molecular weight is 523 g/mol. The summed E-state index contributed by atoms with van der Waals surface area (Å²) in [4.78, 5) is 17.8. The maximum absolute atomic E-state index is 13.0. The second-order valence-electron chi connectivity index (χ2n) is 9.92. The number of rotatable bonds is 1. The molecule has 0 saturated carbocycles. The van der Waals surface area contributed by atoms with E-state index in [0.29, 0.717) is 0 Å². The molecule has 0 atom stereocenters. The summed E-state index contributed by atoms with van der Waals surface area (Å²) in [5, 5.41) is 0.732. The van der Waals surface area contributed by atoms with Crippen LogP contribution in [-0.2, 0) is 7.05 Å². The maximum atomic E-state index is 13.0. The van der Waals surface area contributed by atoms with Gasteiger partial charge in [-0.25, -0.2) is 0 Å². The van der Waals surface area contributed by atoms with E-state index in [1.54, 1.807) is 0 Å². The number of benzene rings is 5. The summed E-state index contributed by atoms with van der Waals surface area (Å²) in [5.74, 6) is 0. The summed E-state index contributed by atoms with van der Waals surface area (Å²) in [6, 6.07) is 40.7. The summed E-state index contributed by atoms with van der Waals surface area (Å²) < 4.78 is 2.05. The van der Waals surface area contributed by atoms with Gasteiger partial charge in [-0.2, -0.15) is 0 Å². The smallest absolute Gasteiger partial charge is 0.192 e. The molecule has 5 aromatic carbocycles. The Balaban J connectivity index is 1.61. The fourth-order valence-corrected chi connectivity index (χ4v) is 6.76. The molecule has 0 N–H and O–H groups in total. The summed E-state index contributed by atoms with van der Waals surface area (Å²) in [7, 11) is 2.01.